The van der Waals surface area contributed by atoms with Crippen LogP contribution in [0.5, 0.6) is 5.75 Å². The number of likely N-dealkylation sites (tertiary alicyclic amines) is 2. The van der Waals surface area contributed by atoms with E-state index in [9.17, 15) is 22.4 Å². The Bertz CT molecular complexity index is 999. The number of methoxy groups -OCH3 is 1. The van der Waals surface area contributed by atoms with E-state index in [0.717, 1.165) is 18.6 Å². The second kappa shape index (κ2) is 7.94. The Morgan fingerprint density at radius 2 is 1.97 bits per heavy atom. The van der Waals surface area contributed by atoms with Gasteiger partial charge in [0.15, 0.2) is 11.6 Å². The van der Waals surface area contributed by atoms with E-state index in [4.69, 9.17) is 16.3 Å². The van der Waals surface area contributed by atoms with Crippen LogP contribution in [0.3, 0.4) is 0 Å². The Balaban J connectivity index is 1.46. The number of pyridine rings is 1. The molecule has 0 radical (unpaired) electrons. The molecule has 2 bridgehead atoms. The predicted molar refractivity (Wildman–Crippen MR) is 106 cm³/mol. The van der Waals surface area contributed by atoms with Gasteiger partial charge in [-0.05, 0) is 37.1 Å². The molecule has 0 saturated carbocycles. The monoisotopic (exact) mass is 457 g/mol. The zero-order valence-corrected chi connectivity index (χ0v) is 17.5. The molecule has 3 atom stereocenters. The van der Waals surface area contributed by atoms with E-state index in [-0.39, 0.29) is 40.5 Å². The van der Waals surface area contributed by atoms with E-state index in [1.54, 1.807) is 11.0 Å². The number of halogens is 5. The smallest absolute Gasteiger partial charge is 0.417 e. The van der Waals surface area contributed by atoms with Crippen molar-refractivity contribution in [2.45, 2.75) is 37.6 Å². The Hall–Kier alpha value is -2.39. The van der Waals surface area contributed by atoms with E-state index in [0.29, 0.717) is 24.8 Å². The van der Waals surface area contributed by atoms with Crippen LogP contribution >= 0.6 is 11.6 Å². The van der Waals surface area contributed by atoms with Crippen molar-refractivity contribution in [1.82, 2.24) is 14.8 Å². The van der Waals surface area contributed by atoms with Crippen LogP contribution in [-0.2, 0) is 6.18 Å². The third-order valence-corrected chi connectivity index (χ3v) is 6.48. The number of alkyl halides is 3. The van der Waals surface area contributed by atoms with Gasteiger partial charge in [-0.25, -0.2) is 4.39 Å². The second-order valence-corrected chi connectivity index (χ2v) is 8.17. The van der Waals surface area contributed by atoms with Crippen LogP contribution in [-0.4, -0.2) is 53.0 Å². The molecule has 0 spiro atoms. The summed E-state index contributed by atoms with van der Waals surface area (Å²) in [7, 11) is 1.37. The van der Waals surface area contributed by atoms with Gasteiger partial charge in [-0.3, -0.25) is 14.7 Å². The zero-order chi connectivity index (χ0) is 22.5. The molecule has 2 saturated heterocycles. The maximum Gasteiger partial charge on any atom is 0.417 e. The number of nitrogens with zero attached hydrogens (tertiary/aromatic N) is 3. The number of hydrogen-bond acceptors (Lipinski definition) is 4. The Kier molecular flexibility index (Phi) is 5.59. The Morgan fingerprint density at radius 1 is 1.23 bits per heavy atom. The predicted octanol–water partition coefficient (Wildman–Crippen LogP) is 4.56. The van der Waals surface area contributed by atoms with Crippen molar-refractivity contribution in [2.75, 3.05) is 20.2 Å². The van der Waals surface area contributed by atoms with Gasteiger partial charge in [-0.2, -0.15) is 13.2 Å². The van der Waals surface area contributed by atoms with Gasteiger partial charge in [-0.15, -0.1) is 0 Å². The fourth-order valence-corrected chi connectivity index (χ4v) is 4.78. The summed E-state index contributed by atoms with van der Waals surface area (Å²) in [5.41, 5.74) is -0.272. The second-order valence-electron chi connectivity index (χ2n) is 7.79. The standard InChI is InChI=1S/C21H20ClF4N3O2/c1-11(15-4-6-17(31-2)19(23)18(15)22)28-9-14-7-13(28)10-29(14)20(30)16-5-3-12(8-27-16)21(24,25)26/h3-6,8,11,13-14H,7,9-10H2,1-2H3/t11-,13-,14-/m0/s1. The van der Waals surface area contributed by atoms with Crippen LogP contribution in [0.25, 0.3) is 0 Å². The van der Waals surface area contributed by atoms with Gasteiger partial charge in [0, 0.05) is 37.4 Å². The number of amides is 1. The quantitative estimate of drug-likeness (QED) is 0.631. The molecule has 1 amide bonds. The van der Waals surface area contributed by atoms with Crippen LogP contribution in [0.2, 0.25) is 5.02 Å². The molecule has 1 aromatic carbocycles. The number of benzene rings is 1. The molecule has 2 aliphatic rings. The first kappa shape index (κ1) is 21.8. The van der Waals surface area contributed by atoms with Gasteiger partial charge in [0.2, 0.25) is 0 Å². The number of fused-ring (bicyclic) bond motifs is 2. The van der Waals surface area contributed by atoms with Gasteiger partial charge in [0.25, 0.3) is 5.91 Å². The van der Waals surface area contributed by atoms with Gasteiger partial charge in [0.05, 0.1) is 17.7 Å². The highest BCUT2D eigenvalue weighted by atomic mass is 35.5. The Morgan fingerprint density at radius 3 is 2.52 bits per heavy atom. The molecule has 2 fully saturated rings. The molecule has 166 valence electrons. The minimum absolute atomic E-state index is 0.0107. The molecular weight excluding hydrogens is 438 g/mol. The minimum Gasteiger partial charge on any atom is -0.494 e. The number of ether oxygens (including phenoxy) is 1. The van der Waals surface area contributed by atoms with Crippen molar-refractivity contribution in [1.29, 1.82) is 0 Å². The molecule has 3 heterocycles. The van der Waals surface area contributed by atoms with Gasteiger partial charge >= 0.3 is 6.18 Å². The summed E-state index contributed by atoms with van der Waals surface area (Å²) >= 11 is 6.22. The van der Waals surface area contributed by atoms with Crippen molar-refractivity contribution in [3.05, 3.63) is 58.1 Å². The van der Waals surface area contributed by atoms with Crippen molar-refractivity contribution >= 4 is 17.5 Å². The fraction of sp³-hybridized carbons (Fsp3) is 0.429. The van der Waals surface area contributed by atoms with Crippen LogP contribution in [0.1, 0.15) is 41.0 Å². The molecule has 1 aromatic heterocycles. The van der Waals surface area contributed by atoms with E-state index in [1.165, 1.54) is 13.2 Å². The SMILES string of the molecule is COc1ccc([C@H](C)N2C[C@@H]3C[C@H]2CN3C(=O)c2ccc(C(F)(F)F)cn2)c(Cl)c1F. The van der Waals surface area contributed by atoms with Crippen molar-refractivity contribution in [3.8, 4) is 5.75 Å². The number of piperazine rings is 1. The molecule has 10 heteroatoms. The topological polar surface area (TPSA) is 45.7 Å². The largest absolute Gasteiger partial charge is 0.494 e. The van der Waals surface area contributed by atoms with Gasteiger partial charge in [-0.1, -0.05) is 17.7 Å². The number of rotatable bonds is 4. The average Bonchev–Trinajstić information content (AvgIpc) is 3.35. The highest BCUT2D eigenvalue weighted by molar-refractivity contribution is 6.31. The lowest BCUT2D eigenvalue weighted by Crippen LogP contribution is -2.49. The molecule has 5 nitrogen and oxygen atoms in total. The summed E-state index contributed by atoms with van der Waals surface area (Å²) in [5, 5.41) is 0.0107. The highest BCUT2D eigenvalue weighted by Gasteiger charge is 2.47. The van der Waals surface area contributed by atoms with Crippen molar-refractivity contribution in [2.24, 2.45) is 0 Å². The summed E-state index contributed by atoms with van der Waals surface area (Å²) in [5.74, 6) is -0.921. The number of carbonyl (C=O) groups excluding carboxylic acids is 1. The van der Waals surface area contributed by atoms with Crippen LogP contribution in [0.15, 0.2) is 30.5 Å². The van der Waals surface area contributed by atoms with E-state index >= 15 is 0 Å². The van der Waals surface area contributed by atoms with Crippen LogP contribution in [0, 0.1) is 5.82 Å². The van der Waals surface area contributed by atoms with E-state index in [1.807, 2.05) is 6.92 Å². The number of aromatic nitrogens is 1. The van der Waals surface area contributed by atoms with E-state index in [2.05, 4.69) is 9.88 Å². The third-order valence-electron chi connectivity index (χ3n) is 6.10. The van der Waals surface area contributed by atoms with E-state index < -0.39 is 17.6 Å². The van der Waals surface area contributed by atoms with Crippen LogP contribution in [0.4, 0.5) is 17.6 Å². The first-order valence-electron chi connectivity index (χ1n) is 9.73. The first-order valence-corrected chi connectivity index (χ1v) is 10.1. The molecular formula is C21H20ClF4N3O2. The van der Waals surface area contributed by atoms with Crippen molar-refractivity contribution < 1.29 is 27.1 Å². The summed E-state index contributed by atoms with van der Waals surface area (Å²) < 4.78 is 57.5. The normalized spacial score (nSPS) is 22.1. The molecule has 0 unspecified atom stereocenters. The summed E-state index contributed by atoms with van der Waals surface area (Å²) in [6.45, 7) is 2.91. The van der Waals surface area contributed by atoms with Crippen LogP contribution < -0.4 is 4.74 Å². The average molecular weight is 458 g/mol. The molecule has 0 N–H and O–H groups in total. The lowest BCUT2D eigenvalue weighted by atomic mass is 10.0. The highest BCUT2D eigenvalue weighted by Crippen LogP contribution is 2.40. The zero-order valence-electron chi connectivity index (χ0n) is 16.8. The first-order chi connectivity index (χ1) is 14.6. The van der Waals surface area contributed by atoms with Gasteiger partial charge in [0.1, 0.15) is 5.69 Å². The molecule has 31 heavy (non-hydrogen) atoms. The third kappa shape index (κ3) is 3.85. The molecule has 2 aromatic rings. The fourth-order valence-electron chi connectivity index (χ4n) is 4.46. The van der Waals surface area contributed by atoms with Crippen molar-refractivity contribution in [3.63, 3.8) is 0 Å². The molecule has 0 aliphatic carbocycles. The lowest BCUT2D eigenvalue weighted by molar-refractivity contribution is -0.137. The van der Waals surface area contributed by atoms with Gasteiger partial charge < -0.3 is 9.64 Å². The Labute approximate surface area is 181 Å². The summed E-state index contributed by atoms with van der Waals surface area (Å²) in [4.78, 5) is 20.3. The molecule has 4 rings (SSSR count). The minimum atomic E-state index is -4.50. The lowest BCUT2D eigenvalue weighted by Gasteiger charge is -2.38. The maximum atomic E-state index is 14.3. The number of carbonyl (C=O) groups is 1. The maximum absolute atomic E-state index is 14.3. The summed E-state index contributed by atoms with van der Waals surface area (Å²) in [6, 6.07) is 5.01. The number of hydrogen-bond donors (Lipinski definition) is 0. The summed E-state index contributed by atoms with van der Waals surface area (Å²) in [6.07, 6.45) is -3.09. The molecule has 2 aliphatic heterocycles.